The van der Waals surface area contributed by atoms with Gasteiger partial charge in [0.15, 0.2) is 11.6 Å². The summed E-state index contributed by atoms with van der Waals surface area (Å²) in [6.07, 6.45) is 11.6. The fourth-order valence-corrected chi connectivity index (χ4v) is 7.44. The molecule has 0 unspecified atom stereocenters. The molecule has 0 aliphatic heterocycles. The Balaban J connectivity index is 1.24. The third-order valence-electron chi connectivity index (χ3n) is 7.76. The van der Waals surface area contributed by atoms with Gasteiger partial charge in [-0.2, -0.15) is 4.39 Å². The standard InChI is InChI=1S/C24H35F2O4P/c25-22-20(24-14-17-11-18(15-24)13-19(12-17)16-24)7-8-21(23(22)26)30-9-5-3-1-2-4-6-10-31(27,28)29/h7-8,17-19H,1-6,9-16H2,(H2,27,28,29). The molecule has 4 saturated carbocycles. The lowest BCUT2D eigenvalue weighted by Crippen LogP contribution is -2.49. The van der Waals surface area contributed by atoms with Crippen LogP contribution in [0.2, 0.25) is 0 Å². The second kappa shape index (κ2) is 9.49. The first-order chi connectivity index (χ1) is 14.8. The summed E-state index contributed by atoms with van der Waals surface area (Å²) in [6, 6.07) is 3.40. The van der Waals surface area contributed by atoms with E-state index in [1.54, 1.807) is 12.1 Å². The SMILES string of the molecule is O=P(O)(O)CCCCCCCCOc1ccc(C23CC4CC(CC(C4)C2)C3)c(F)c1F. The number of hydrogen-bond acceptors (Lipinski definition) is 2. The Morgan fingerprint density at radius 1 is 0.871 bits per heavy atom. The van der Waals surface area contributed by atoms with Gasteiger partial charge in [0.05, 0.1) is 6.61 Å². The molecular weight excluding hydrogens is 421 g/mol. The first-order valence-electron chi connectivity index (χ1n) is 11.9. The van der Waals surface area contributed by atoms with Crippen LogP contribution >= 0.6 is 7.60 Å². The number of halogens is 2. The molecule has 174 valence electrons. The Hall–Kier alpha value is -0.970. The first-order valence-corrected chi connectivity index (χ1v) is 13.7. The third-order valence-corrected chi connectivity index (χ3v) is 8.66. The van der Waals surface area contributed by atoms with Crippen LogP contribution in [-0.2, 0) is 9.98 Å². The lowest BCUT2D eigenvalue weighted by molar-refractivity contribution is -0.00708. The molecule has 4 bridgehead atoms. The lowest BCUT2D eigenvalue weighted by Gasteiger charge is -2.57. The van der Waals surface area contributed by atoms with Crippen molar-refractivity contribution in [2.45, 2.75) is 82.5 Å². The number of hydrogen-bond donors (Lipinski definition) is 2. The fraction of sp³-hybridized carbons (Fsp3) is 0.750. The van der Waals surface area contributed by atoms with Crippen LogP contribution in [0.3, 0.4) is 0 Å². The molecular formula is C24H35F2O4P. The van der Waals surface area contributed by atoms with Crippen LogP contribution in [0.5, 0.6) is 5.75 Å². The molecule has 7 heteroatoms. The predicted molar refractivity (Wildman–Crippen MR) is 116 cm³/mol. The minimum absolute atomic E-state index is 0.00706. The zero-order chi connectivity index (χ0) is 22.1. The second-order valence-electron chi connectivity index (χ2n) is 10.3. The Kier molecular flexibility index (Phi) is 7.10. The normalized spacial score (nSPS) is 29.5. The number of rotatable bonds is 11. The summed E-state index contributed by atoms with van der Waals surface area (Å²) in [5, 5.41) is 0. The fourth-order valence-electron chi connectivity index (χ4n) is 6.80. The zero-order valence-corrected chi connectivity index (χ0v) is 19.1. The molecule has 5 rings (SSSR count). The summed E-state index contributed by atoms with van der Waals surface area (Å²) in [7, 11) is -3.88. The molecule has 0 amide bonds. The van der Waals surface area contributed by atoms with Crippen molar-refractivity contribution in [2.75, 3.05) is 12.8 Å². The van der Waals surface area contributed by atoms with Gasteiger partial charge in [0.25, 0.3) is 0 Å². The highest BCUT2D eigenvalue weighted by Gasteiger charge is 2.52. The number of ether oxygens (including phenoxy) is 1. The van der Waals surface area contributed by atoms with Gasteiger partial charge in [-0.15, -0.1) is 0 Å². The van der Waals surface area contributed by atoms with E-state index in [0.717, 1.165) is 51.4 Å². The summed E-state index contributed by atoms with van der Waals surface area (Å²) in [5.41, 5.74) is 0.407. The first kappa shape index (κ1) is 23.2. The van der Waals surface area contributed by atoms with E-state index in [4.69, 9.17) is 14.5 Å². The molecule has 4 nitrogen and oxygen atoms in total. The van der Waals surface area contributed by atoms with Crippen molar-refractivity contribution >= 4 is 7.60 Å². The Morgan fingerprint density at radius 2 is 1.42 bits per heavy atom. The minimum atomic E-state index is -3.88. The van der Waals surface area contributed by atoms with E-state index in [-0.39, 0.29) is 17.3 Å². The Morgan fingerprint density at radius 3 is 2.00 bits per heavy atom. The molecule has 31 heavy (non-hydrogen) atoms. The van der Waals surface area contributed by atoms with Crippen molar-refractivity contribution in [3.63, 3.8) is 0 Å². The number of unbranched alkanes of at least 4 members (excludes halogenated alkanes) is 5. The van der Waals surface area contributed by atoms with Crippen LogP contribution < -0.4 is 4.74 Å². The molecule has 1 aromatic carbocycles. The van der Waals surface area contributed by atoms with E-state index in [1.807, 2.05) is 0 Å². The quantitative estimate of drug-likeness (QED) is 0.302. The van der Waals surface area contributed by atoms with Crippen molar-refractivity contribution in [1.82, 2.24) is 0 Å². The Labute approximate surface area is 183 Å². The molecule has 0 spiro atoms. The molecule has 0 atom stereocenters. The largest absolute Gasteiger partial charge is 0.490 e. The molecule has 4 aliphatic carbocycles. The maximum absolute atomic E-state index is 15.1. The van der Waals surface area contributed by atoms with E-state index in [1.165, 1.54) is 19.3 Å². The van der Waals surface area contributed by atoms with E-state index in [9.17, 15) is 8.96 Å². The third kappa shape index (κ3) is 5.51. The summed E-state index contributed by atoms with van der Waals surface area (Å²) < 4.78 is 46.2. The average molecular weight is 457 g/mol. The summed E-state index contributed by atoms with van der Waals surface area (Å²) in [5.74, 6) is 0.507. The van der Waals surface area contributed by atoms with Crippen LogP contribution in [0.4, 0.5) is 8.78 Å². The second-order valence-corrected chi connectivity index (χ2v) is 12.1. The summed E-state index contributed by atoms with van der Waals surface area (Å²) in [4.78, 5) is 17.7. The predicted octanol–water partition coefficient (Wildman–Crippen LogP) is 6.33. The van der Waals surface area contributed by atoms with Crippen molar-refractivity contribution in [3.8, 4) is 5.75 Å². The average Bonchev–Trinajstić information content (AvgIpc) is 2.67. The van der Waals surface area contributed by atoms with Gasteiger partial charge in [-0.3, -0.25) is 4.57 Å². The maximum Gasteiger partial charge on any atom is 0.325 e. The van der Waals surface area contributed by atoms with Crippen LogP contribution in [0.15, 0.2) is 12.1 Å². The van der Waals surface area contributed by atoms with E-state index < -0.39 is 19.2 Å². The van der Waals surface area contributed by atoms with Gasteiger partial charge in [-0.05, 0) is 86.2 Å². The smallest absolute Gasteiger partial charge is 0.325 e. The topological polar surface area (TPSA) is 66.8 Å². The zero-order valence-electron chi connectivity index (χ0n) is 18.2. The molecule has 2 N–H and O–H groups in total. The molecule has 0 heterocycles. The highest BCUT2D eigenvalue weighted by molar-refractivity contribution is 7.51. The molecule has 4 fully saturated rings. The van der Waals surface area contributed by atoms with E-state index in [2.05, 4.69) is 0 Å². The summed E-state index contributed by atoms with van der Waals surface area (Å²) >= 11 is 0. The van der Waals surface area contributed by atoms with Crippen LogP contribution in [0.25, 0.3) is 0 Å². The lowest BCUT2D eigenvalue weighted by atomic mass is 9.48. The van der Waals surface area contributed by atoms with Gasteiger partial charge in [0.1, 0.15) is 0 Å². The highest BCUT2D eigenvalue weighted by atomic mass is 31.2. The van der Waals surface area contributed by atoms with Crippen molar-refractivity contribution in [3.05, 3.63) is 29.3 Å². The van der Waals surface area contributed by atoms with Crippen LogP contribution in [0, 0.1) is 29.4 Å². The van der Waals surface area contributed by atoms with E-state index in [0.29, 0.717) is 36.3 Å². The van der Waals surface area contributed by atoms with Gasteiger partial charge in [0.2, 0.25) is 5.82 Å². The van der Waals surface area contributed by atoms with E-state index >= 15 is 4.39 Å². The maximum atomic E-state index is 15.1. The molecule has 1 aromatic rings. The van der Waals surface area contributed by atoms with Gasteiger partial charge in [-0.25, -0.2) is 4.39 Å². The Bertz CT molecular complexity index is 787. The monoisotopic (exact) mass is 456 g/mol. The van der Waals surface area contributed by atoms with Gasteiger partial charge >= 0.3 is 7.60 Å². The van der Waals surface area contributed by atoms with Gasteiger partial charge in [-0.1, -0.05) is 31.7 Å². The molecule has 0 radical (unpaired) electrons. The van der Waals surface area contributed by atoms with Crippen LogP contribution in [-0.4, -0.2) is 22.6 Å². The number of benzene rings is 1. The minimum Gasteiger partial charge on any atom is -0.490 e. The molecule has 0 aromatic heterocycles. The summed E-state index contributed by atoms with van der Waals surface area (Å²) in [6.45, 7) is 0.343. The van der Waals surface area contributed by atoms with Crippen molar-refractivity contribution < 1.29 is 27.9 Å². The highest BCUT2D eigenvalue weighted by Crippen LogP contribution is 2.61. The molecule has 4 aliphatic rings. The van der Waals surface area contributed by atoms with Gasteiger partial charge in [0, 0.05) is 6.16 Å². The molecule has 0 saturated heterocycles. The van der Waals surface area contributed by atoms with Crippen LogP contribution in [0.1, 0.15) is 82.6 Å². The van der Waals surface area contributed by atoms with Gasteiger partial charge < -0.3 is 14.5 Å². The van der Waals surface area contributed by atoms with Crippen molar-refractivity contribution in [1.29, 1.82) is 0 Å². The van der Waals surface area contributed by atoms with Crippen molar-refractivity contribution in [2.24, 2.45) is 17.8 Å².